The summed E-state index contributed by atoms with van der Waals surface area (Å²) in [6.07, 6.45) is 0. The first-order valence-electron chi connectivity index (χ1n) is 5.80. The maximum absolute atomic E-state index is 13.6. The third-order valence-electron chi connectivity index (χ3n) is 2.52. The Balaban J connectivity index is 2.31. The van der Waals surface area contributed by atoms with Gasteiger partial charge in [-0.15, -0.1) is 5.10 Å². The fourth-order valence-corrected chi connectivity index (χ4v) is 1.81. The highest BCUT2D eigenvalue weighted by molar-refractivity contribution is 6.31. The first-order chi connectivity index (χ1) is 9.52. The highest BCUT2D eigenvalue weighted by Crippen LogP contribution is 2.19. The lowest BCUT2D eigenvalue weighted by molar-refractivity contribution is 0.0511. The van der Waals surface area contributed by atoms with Crippen molar-refractivity contribution in [1.82, 2.24) is 14.8 Å². The molecule has 2 rings (SSSR count). The Bertz CT molecular complexity index is 675. The summed E-state index contributed by atoms with van der Waals surface area (Å²) < 4.78 is 19.2. The number of aromatic amines is 1. The molecule has 1 aromatic carbocycles. The topological polar surface area (TPSA) is 77.0 Å². The average molecular weight is 300 g/mol. The molecule has 0 saturated heterocycles. The van der Waals surface area contributed by atoms with Gasteiger partial charge in [-0.05, 0) is 19.1 Å². The molecule has 20 heavy (non-hydrogen) atoms. The van der Waals surface area contributed by atoms with E-state index in [1.165, 1.54) is 18.2 Å². The number of aromatic nitrogens is 3. The highest BCUT2D eigenvalue weighted by atomic mass is 35.5. The van der Waals surface area contributed by atoms with Crippen LogP contribution in [-0.4, -0.2) is 27.3 Å². The van der Waals surface area contributed by atoms with Crippen LogP contribution in [0.3, 0.4) is 0 Å². The highest BCUT2D eigenvalue weighted by Gasteiger charge is 2.16. The fourth-order valence-electron chi connectivity index (χ4n) is 1.59. The number of carbonyl (C=O) groups excluding carboxylic acids is 1. The van der Waals surface area contributed by atoms with Crippen molar-refractivity contribution in [3.8, 4) is 0 Å². The van der Waals surface area contributed by atoms with E-state index in [0.29, 0.717) is 0 Å². The van der Waals surface area contributed by atoms with E-state index in [1.54, 1.807) is 6.92 Å². The quantitative estimate of drug-likeness (QED) is 0.870. The Morgan fingerprint density at radius 1 is 1.55 bits per heavy atom. The Kier molecular flexibility index (Phi) is 4.19. The van der Waals surface area contributed by atoms with Gasteiger partial charge in [0.25, 0.3) is 0 Å². The molecule has 0 atom stereocenters. The molecule has 106 valence electrons. The van der Waals surface area contributed by atoms with Crippen LogP contribution in [0.25, 0.3) is 0 Å². The summed E-state index contributed by atoms with van der Waals surface area (Å²) >= 11 is 5.87. The van der Waals surface area contributed by atoms with Crippen molar-refractivity contribution in [3.05, 3.63) is 50.9 Å². The standard InChI is InChI=1S/C12H11ClFN3O3/c1-2-20-11(18)10-15-12(19)17(16-10)6-7-8(13)4-3-5-9(7)14/h3-5H,2,6H2,1H3,(H,15,16,19). The van der Waals surface area contributed by atoms with Crippen LogP contribution in [0.1, 0.15) is 23.1 Å². The van der Waals surface area contributed by atoms with E-state index < -0.39 is 17.5 Å². The number of esters is 1. The lowest BCUT2D eigenvalue weighted by Crippen LogP contribution is -2.19. The zero-order valence-electron chi connectivity index (χ0n) is 10.5. The summed E-state index contributed by atoms with van der Waals surface area (Å²) in [5.41, 5.74) is -0.523. The predicted molar refractivity (Wildman–Crippen MR) is 69.3 cm³/mol. The van der Waals surface area contributed by atoms with Gasteiger partial charge in [-0.3, -0.25) is 4.98 Å². The van der Waals surface area contributed by atoms with Crippen molar-refractivity contribution in [2.45, 2.75) is 13.5 Å². The molecular weight excluding hydrogens is 289 g/mol. The van der Waals surface area contributed by atoms with E-state index in [1.807, 2.05) is 0 Å². The van der Waals surface area contributed by atoms with Gasteiger partial charge in [0, 0.05) is 10.6 Å². The number of ether oxygens (including phenoxy) is 1. The van der Waals surface area contributed by atoms with Crippen LogP contribution < -0.4 is 5.69 Å². The van der Waals surface area contributed by atoms with Gasteiger partial charge in [0.2, 0.25) is 5.82 Å². The maximum atomic E-state index is 13.6. The van der Waals surface area contributed by atoms with Crippen LogP contribution in [0.2, 0.25) is 5.02 Å². The number of nitrogens with one attached hydrogen (secondary N) is 1. The maximum Gasteiger partial charge on any atom is 0.376 e. The number of rotatable bonds is 4. The largest absolute Gasteiger partial charge is 0.460 e. The van der Waals surface area contributed by atoms with Crippen molar-refractivity contribution in [3.63, 3.8) is 0 Å². The molecule has 0 spiro atoms. The second-order valence-electron chi connectivity index (χ2n) is 3.86. The minimum absolute atomic E-state index is 0.123. The van der Waals surface area contributed by atoms with E-state index in [0.717, 1.165) is 4.68 Å². The summed E-state index contributed by atoms with van der Waals surface area (Å²) in [7, 11) is 0. The third-order valence-corrected chi connectivity index (χ3v) is 2.87. The van der Waals surface area contributed by atoms with E-state index in [2.05, 4.69) is 10.1 Å². The van der Waals surface area contributed by atoms with Crippen LogP contribution in [0.15, 0.2) is 23.0 Å². The Morgan fingerprint density at radius 2 is 2.30 bits per heavy atom. The molecular formula is C12H11ClFN3O3. The number of nitrogens with zero attached hydrogens (tertiary/aromatic N) is 2. The lowest BCUT2D eigenvalue weighted by atomic mass is 10.2. The van der Waals surface area contributed by atoms with Crippen LogP contribution >= 0.6 is 11.6 Å². The second-order valence-corrected chi connectivity index (χ2v) is 4.26. The summed E-state index contributed by atoms with van der Waals surface area (Å²) in [5, 5.41) is 3.93. The first kappa shape index (κ1) is 14.3. The molecule has 0 radical (unpaired) electrons. The molecule has 1 aromatic heterocycles. The van der Waals surface area contributed by atoms with Crippen LogP contribution in [0.4, 0.5) is 4.39 Å². The molecule has 1 N–H and O–H groups in total. The summed E-state index contributed by atoms with van der Waals surface area (Å²) in [4.78, 5) is 25.3. The molecule has 0 bridgehead atoms. The molecule has 0 amide bonds. The summed E-state index contributed by atoms with van der Waals surface area (Å²) in [6, 6.07) is 4.19. The number of halogens is 2. The van der Waals surface area contributed by atoms with E-state index in [9.17, 15) is 14.0 Å². The minimum Gasteiger partial charge on any atom is -0.460 e. The SMILES string of the molecule is CCOC(=O)c1nn(Cc2c(F)cccc2Cl)c(=O)[nH]1. The minimum atomic E-state index is -0.747. The molecule has 0 aliphatic heterocycles. The zero-order valence-corrected chi connectivity index (χ0v) is 11.3. The monoisotopic (exact) mass is 299 g/mol. The Labute approximate surface area is 118 Å². The zero-order chi connectivity index (χ0) is 14.7. The normalized spacial score (nSPS) is 10.6. The number of carbonyl (C=O) groups is 1. The van der Waals surface area contributed by atoms with Gasteiger partial charge < -0.3 is 4.74 Å². The molecule has 0 aliphatic rings. The lowest BCUT2D eigenvalue weighted by Gasteiger charge is -2.04. The number of H-pyrrole nitrogens is 1. The third kappa shape index (κ3) is 2.88. The molecule has 1 heterocycles. The van der Waals surface area contributed by atoms with Crippen molar-refractivity contribution in [2.24, 2.45) is 0 Å². The number of benzene rings is 1. The smallest absolute Gasteiger partial charge is 0.376 e. The van der Waals surface area contributed by atoms with E-state index in [-0.39, 0.29) is 29.6 Å². The molecule has 0 fully saturated rings. The van der Waals surface area contributed by atoms with Crippen molar-refractivity contribution >= 4 is 17.6 Å². The molecule has 0 unspecified atom stereocenters. The number of hydrogen-bond donors (Lipinski definition) is 1. The predicted octanol–water partition coefficient (Wildman–Crippen LogP) is 1.59. The van der Waals surface area contributed by atoms with Crippen LogP contribution in [0.5, 0.6) is 0 Å². The van der Waals surface area contributed by atoms with Gasteiger partial charge in [0.15, 0.2) is 0 Å². The van der Waals surface area contributed by atoms with Gasteiger partial charge in [0.1, 0.15) is 5.82 Å². The van der Waals surface area contributed by atoms with Gasteiger partial charge >= 0.3 is 11.7 Å². The van der Waals surface area contributed by atoms with Crippen molar-refractivity contribution in [2.75, 3.05) is 6.61 Å². The summed E-state index contributed by atoms with van der Waals surface area (Å²) in [5.74, 6) is -1.53. The van der Waals surface area contributed by atoms with Gasteiger partial charge in [-0.2, -0.15) is 0 Å². The second kappa shape index (κ2) is 5.87. The molecule has 2 aromatic rings. The van der Waals surface area contributed by atoms with Gasteiger partial charge in [-0.1, -0.05) is 17.7 Å². The van der Waals surface area contributed by atoms with Crippen molar-refractivity contribution < 1.29 is 13.9 Å². The van der Waals surface area contributed by atoms with Crippen LogP contribution in [0, 0.1) is 5.82 Å². The van der Waals surface area contributed by atoms with Crippen LogP contribution in [-0.2, 0) is 11.3 Å². The van der Waals surface area contributed by atoms with E-state index in [4.69, 9.17) is 16.3 Å². The van der Waals surface area contributed by atoms with Crippen molar-refractivity contribution in [1.29, 1.82) is 0 Å². The van der Waals surface area contributed by atoms with Gasteiger partial charge in [0.05, 0.1) is 13.2 Å². The fraction of sp³-hybridized carbons (Fsp3) is 0.250. The van der Waals surface area contributed by atoms with E-state index >= 15 is 0 Å². The molecule has 6 nitrogen and oxygen atoms in total. The first-order valence-corrected chi connectivity index (χ1v) is 6.18. The molecule has 8 heteroatoms. The average Bonchev–Trinajstić information content (AvgIpc) is 2.76. The summed E-state index contributed by atoms with van der Waals surface area (Å²) in [6.45, 7) is 1.61. The Morgan fingerprint density at radius 3 is 2.95 bits per heavy atom. The number of hydrogen-bond acceptors (Lipinski definition) is 4. The van der Waals surface area contributed by atoms with Gasteiger partial charge in [-0.25, -0.2) is 18.7 Å². The molecule has 0 saturated carbocycles. The molecule has 0 aliphatic carbocycles. The Hall–Kier alpha value is -2.15.